The average Bonchev–Trinajstić information content (AvgIpc) is 2.80. The number of nitrogens with zero attached hydrogens (tertiary/aromatic N) is 1. The lowest BCUT2D eigenvalue weighted by molar-refractivity contribution is 0.0983. The van der Waals surface area contributed by atoms with Crippen LogP contribution in [0, 0.1) is 0 Å². The number of amides is 1. The molecule has 0 saturated carbocycles. The smallest absolute Gasteiger partial charge is 0.259 e. The Balaban J connectivity index is 2.25. The number of carbonyl (C=O) groups excluding carboxylic acids is 1. The molecule has 0 spiro atoms. The second kappa shape index (κ2) is 5.50. The van der Waals surface area contributed by atoms with Crippen molar-refractivity contribution in [2.24, 2.45) is 4.99 Å². The Labute approximate surface area is 140 Å². The van der Waals surface area contributed by atoms with Gasteiger partial charge in [-0.2, -0.15) is 0 Å². The number of para-hydroxylation sites is 1. The zero-order valence-electron chi connectivity index (χ0n) is 10.3. The van der Waals surface area contributed by atoms with Gasteiger partial charge >= 0.3 is 0 Å². The Morgan fingerprint density at radius 1 is 0.810 bits per heavy atom. The fourth-order valence-corrected chi connectivity index (χ4v) is 3.04. The number of benzene rings is 2. The zero-order chi connectivity index (χ0) is 15.1. The van der Waals surface area contributed by atoms with Gasteiger partial charge in [0.15, 0.2) is 0 Å². The molecule has 106 valence electrons. The fraction of sp³-hybridized carbons (Fsp3) is 0. The molecule has 2 aromatic rings. The van der Waals surface area contributed by atoms with Crippen molar-refractivity contribution in [3.63, 3.8) is 0 Å². The number of rotatable bonds is 1. The molecular formula is C14H6Cl4N2O. The minimum atomic E-state index is -0.412. The lowest BCUT2D eigenvalue weighted by Gasteiger charge is -2.08. The molecule has 1 heterocycles. The first kappa shape index (κ1) is 14.7. The van der Waals surface area contributed by atoms with Crippen LogP contribution in [0.2, 0.25) is 20.1 Å². The van der Waals surface area contributed by atoms with Crippen LogP contribution in [0.3, 0.4) is 0 Å². The Kier molecular flexibility index (Phi) is 3.84. The third-order valence-electron chi connectivity index (χ3n) is 2.96. The number of aliphatic imine (C=N–C) groups is 1. The van der Waals surface area contributed by atoms with Crippen molar-refractivity contribution < 1.29 is 4.79 Å². The second-order valence-corrected chi connectivity index (χ2v) is 5.77. The van der Waals surface area contributed by atoms with Gasteiger partial charge in [0, 0.05) is 0 Å². The van der Waals surface area contributed by atoms with Gasteiger partial charge in [0.2, 0.25) is 0 Å². The molecule has 1 aliphatic heterocycles. The maximum atomic E-state index is 12.1. The van der Waals surface area contributed by atoms with E-state index in [9.17, 15) is 4.79 Å². The summed E-state index contributed by atoms with van der Waals surface area (Å²) in [5.74, 6) is -0.114. The summed E-state index contributed by atoms with van der Waals surface area (Å²) in [4.78, 5) is 16.4. The summed E-state index contributed by atoms with van der Waals surface area (Å²) < 4.78 is 0. The molecule has 7 heteroatoms. The molecule has 0 atom stereocenters. The lowest BCUT2D eigenvalue weighted by atomic mass is 10.1. The average molecular weight is 360 g/mol. The van der Waals surface area contributed by atoms with Gasteiger partial charge in [-0.05, 0) is 12.1 Å². The Morgan fingerprint density at radius 2 is 1.38 bits per heavy atom. The Morgan fingerprint density at radius 3 is 2.00 bits per heavy atom. The Hall–Kier alpha value is -1.26. The summed E-state index contributed by atoms with van der Waals surface area (Å²) in [7, 11) is 0. The number of amidine groups is 1. The van der Waals surface area contributed by atoms with Crippen LogP contribution in [0.25, 0.3) is 0 Å². The van der Waals surface area contributed by atoms with E-state index >= 15 is 0 Å². The predicted molar refractivity (Wildman–Crippen MR) is 86.6 cm³/mol. The molecule has 0 unspecified atom stereocenters. The summed E-state index contributed by atoms with van der Waals surface area (Å²) in [5, 5.41) is 2.99. The molecule has 0 aliphatic carbocycles. The Bertz CT molecular complexity index is 788. The van der Waals surface area contributed by atoms with E-state index in [2.05, 4.69) is 10.3 Å². The highest BCUT2D eigenvalue weighted by Gasteiger charge is 2.33. The normalized spacial score (nSPS) is 15.2. The molecule has 0 saturated heterocycles. The summed E-state index contributed by atoms with van der Waals surface area (Å²) in [6.07, 6.45) is 0. The largest absolute Gasteiger partial charge is 0.306 e. The van der Waals surface area contributed by atoms with E-state index in [1.807, 2.05) is 18.2 Å². The predicted octanol–water partition coefficient (Wildman–Crippen LogP) is 5.12. The van der Waals surface area contributed by atoms with Crippen molar-refractivity contribution in [1.82, 2.24) is 5.32 Å². The van der Waals surface area contributed by atoms with E-state index in [0.717, 1.165) is 0 Å². The first-order valence-corrected chi connectivity index (χ1v) is 7.33. The standard InChI is InChI=1S/C14H6Cl4N2O/c15-9-7-8(10(16)12(18)11(9)17)14(21)20-13(7)19-6-4-2-1-3-5-6/h1-5H,(H,19,20,21). The molecule has 1 N–H and O–H groups in total. The van der Waals surface area contributed by atoms with Gasteiger partial charge in [-0.25, -0.2) is 4.99 Å². The minimum absolute atomic E-state index is 0.0539. The monoisotopic (exact) mass is 358 g/mol. The van der Waals surface area contributed by atoms with E-state index in [4.69, 9.17) is 46.4 Å². The third kappa shape index (κ3) is 2.40. The molecule has 1 amide bonds. The first-order chi connectivity index (χ1) is 10.0. The van der Waals surface area contributed by atoms with Gasteiger partial charge in [0.05, 0.1) is 36.9 Å². The highest BCUT2D eigenvalue weighted by atomic mass is 35.5. The van der Waals surface area contributed by atoms with Crippen molar-refractivity contribution in [3.05, 3.63) is 61.5 Å². The van der Waals surface area contributed by atoms with Crippen molar-refractivity contribution in [1.29, 1.82) is 0 Å². The second-order valence-electron chi connectivity index (χ2n) is 4.26. The van der Waals surface area contributed by atoms with Crippen molar-refractivity contribution in [2.75, 3.05) is 0 Å². The summed E-state index contributed by atoms with van der Waals surface area (Å²) in [6.45, 7) is 0. The fourth-order valence-electron chi connectivity index (χ4n) is 2.02. The molecule has 21 heavy (non-hydrogen) atoms. The van der Waals surface area contributed by atoms with Crippen molar-refractivity contribution >= 4 is 63.8 Å². The number of hydrogen-bond donors (Lipinski definition) is 1. The van der Waals surface area contributed by atoms with Crippen LogP contribution in [0.1, 0.15) is 15.9 Å². The molecule has 0 fully saturated rings. The van der Waals surface area contributed by atoms with Gasteiger partial charge < -0.3 is 5.32 Å². The summed E-state index contributed by atoms with van der Waals surface area (Å²) in [6, 6.07) is 9.13. The van der Waals surface area contributed by atoms with Crippen LogP contribution >= 0.6 is 46.4 Å². The third-order valence-corrected chi connectivity index (χ3v) is 4.76. The quantitative estimate of drug-likeness (QED) is 0.557. The number of carbonyl (C=O) groups is 1. The summed E-state index contributed by atoms with van der Waals surface area (Å²) >= 11 is 24.3. The SMILES string of the molecule is O=C1NC(=Nc2ccccc2)c2c(Cl)c(Cl)c(Cl)c(Cl)c21. The number of hydrogen-bond acceptors (Lipinski definition) is 2. The first-order valence-electron chi connectivity index (χ1n) is 5.82. The van der Waals surface area contributed by atoms with Gasteiger partial charge in [-0.1, -0.05) is 64.6 Å². The van der Waals surface area contributed by atoms with Crippen LogP contribution in [-0.2, 0) is 0 Å². The number of halogens is 4. The zero-order valence-corrected chi connectivity index (χ0v) is 13.3. The number of nitrogens with one attached hydrogen (secondary N) is 1. The number of fused-ring (bicyclic) bond motifs is 1. The van der Waals surface area contributed by atoms with Crippen LogP contribution in [0.5, 0.6) is 0 Å². The van der Waals surface area contributed by atoms with E-state index in [1.165, 1.54) is 0 Å². The van der Waals surface area contributed by atoms with Gasteiger partial charge in [0.25, 0.3) is 5.91 Å². The van der Waals surface area contributed by atoms with E-state index in [0.29, 0.717) is 17.1 Å². The highest BCUT2D eigenvalue weighted by molar-refractivity contribution is 6.55. The molecular weight excluding hydrogens is 354 g/mol. The molecule has 3 nitrogen and oxygen atoms in total. The summed E-state index contributed by atoms with van der Waals surface area (Å²) in [5.41, 5.74) is 1.22. The van der Waals surface area contributed by atoms with E-state index in [-0.39, 0.29) is 25.7 Å². The molecule has 3 rings (SSSR count). The molecule has 0 aromatic heterocycles. The molecule has 2 aromatic carbocycles. The molecule has 0 bridgehead atoms. The van der Waals surface area contributed by atoms with Crippen molar-refractivity contribution in [3.8, 4) is 0 Å². The van der Waals surface area contributed by atoms with Gasteiger partial charge in [0.1, 0.15) is 5.84 Å². The molecule has 0 radical (unpaired) electrons. The van der Waals surface area contributed by atoms with Crippen LogP contribution in [0.15, 0.2) is 35.3 Å². The maximum Gasteiger partial charge on any atom is 0.259 e. The van der Waals surface area contributed by atoms with Crippen LogP contribution in [0.4, 0.5) is 5.69 Å². The highest BCUT2D eigenvalue weighted by Crippen LogP contribution is 2.43. The maximum absolute atomic E-state index is 12.1. The lowest BCUT2D eigenvalue weighted by Crippen LogP contribution is -2.21. The topological polar surface area (TPSA) is 41.5 Å². The molecule has 1 aliphatic rings. The van der Waals surface area contributed by atoms with Crippen LogP contribution in [-0.4, -0.2) is 11.7 Å². The van der Waals surface area contributed by atoms with E-state index in [1.54, 1.807) is 12.1 Å². The van der Waals surface area contributed by atoms with Gasteiger partial charge in [-0.3, -0.25) is 4.79 Å². The van der Waals surface area contributed by atoms with Gasteiger partial charge in [-0.15, -0.1) is 0 Å². The van der Waals surface area contributed by atoms with E-state index < -0.39 is 5.91 Å². The van der Waals surface area contributed by atoms with Crippen molar-refractivity contribution in [2.45, 2.75) is 0 Å². The van der Waals surface area contributed by atoms with Crippen LogP contribution < -0.4 is 5.32 Å². The minimum Gasteiger partial charge on any atom is -0.306 e.